The SMILES string of the molecule is CS(=O)(=O)OCc1ccncc1.NN.[Na+]. The first kappa shape index (κ1) is 17.4. The van der Waals surface area contributed by atoms with E-state index in [-0.39, 0.29) is 36.2 Å². The molecule has 0 atom stereocenters. The molecule has 6 nitrogen and oxygen atoms in total. The topological polar surface area (TPSA) is 108 Å². The first-order chi connectivity index (χ1) is 6.58. The van der Waals surface area contributed by atoms with E-state index >= 15 is 0 Å². The van der Waals surface area contributed by atoms with Crippen molar-refractivity contribution in [3.8, 4) is 0 Å². The van der Waals surface area contributed by atoms with Crippen LogP contribution in [0.1, 0.15) is 5.56 Å². The zero-order chi connectivity index (χ0) is 11.0. The van der Waals surface area contributed by atoms with E-state index in [1.165, 1.54) is 0 Å². The zero-order valence-electron chi connectivity index (χ0n) is 8.75. The number of nitrogens with two attached hydrogens (primary N) is 2. The van der Waals surface area contributed by atoms with Crippen molar-refractivity contribution >= 4 is 10.1 Å². The van der Waals surface area contributed by atoms with Gasteiger partial charge in [-0.15, -0.1) is 0 Å². The van der Waals surface area contributed by atoms with E-state index in [1.807, 2.05) is 0 Å². The van der Waals surface area contributed by atoms with Crippen molar-refractivity contribution in [2.75, 3.05) is 6.26 Å². The summed E-state index contributed by atoms with van der Waals surface area (Å²) in [6.07, 6.45) is 4.19. The Morgan fingerprint density at radius 2 is 1.80 bits per heavy atom. The summed E-state index contributed by atoms with van der Waals surface area (Å²) in [5.74, 6) is 8.00. The van der Waals surface area contributed by atoms with E-state index in [1.54, 1.807) is 24.5 Å². The van der Waals surface area contributed by atoms with E-state index in [0.717, 1.165) is 11.8 Å². The molecule has 0 fully saturated rings. The number of rotatable bonds is 3. The van der Waals surface area contributed by atoms with Crippen LogP contribution in [0.15, 0.2) is 24.5 Å². The molecule has 0 aliphatic carbocycles. The first-order valence-corrected chi connectivity index (χ1v) is 5.46. The third kappa shape index (κ3) is 10.3. The molecule has 80 valence electrons. The van der Waals surface area contributed by atoms with Gasteiger partial charge in [-0.1, -0.05) is 0 Å². The second kappa shape index (κ2) is 9.22. The normalized spacial score (nSPS) is 9.53. The van der Waals surface area contributed by atoms with Gasteiger partial charge in [0.05, 0.1) is 12.9 Å². The van der Waals surface area contributed by atoms with Crippen molar-refractivity contribution in [3.05, 3.63) is 30.1 Å². The summed E-state index contributed by atoms with van der Waals surface area (Å²) in [7, 11) is -3.34. The van der Waals surface area contributed by atoms with Crippen LogP contribution in [0.5, 0.6) is 0 Å². The maximum Gasteiger partial charge on any atom is 1.00 e. The molecule has 0 aliphatic heterocycles. The third-order valence-electron chi connectivity index (χ3n) is 1.19. The first-order valence-electron chi connectivity index (χ1n) is 3.64. The molecule has 8 heteroatoms. The largest absolute Gasteiger partial charge is 1.00 e. The number of hydrogen-bond acceptors (Lipinski definition) is 6. The molecular weight excluding hydrogens is 229 g/mol. The Kier molecular flexibility index (Phi) is 10.7. The Bertz CT molecular complexity index is 344. The summed E-state index contributed by atoms with van der Waals surface area (Å²) in [5, 5.41) is 0. The van der Waals surface area contributed by atoms with Gasteiger partial charge in [-0.05, 0) is 17.7 Å². The maximum atomic E-state index is 10.6. The van der Waals surface area contributed by atoms with Crippen LogP contribution >= 0.6 is 0 Å². The van der Waals surface area contributed by atoms with E-state index in [4.69, 9.17) is 0 Å². The van der Waals surface area contributed by atoms with Crippen LogP contribution < -0.4 is 41.2 Å². The predicted octanol–water partition coefficient (Wildman–Crippen LogP) is -3.62. The average molecular weight is 242 g/mol. The van der Waals surface area contributed by atoms with Crippen LogP contribution in [-0.2, 0) is 20.9 Å². The van der Waals surface area contributed by atoms with Gasteiger partial charge in [0.1, 0.15) is 0 Å². The molecule has 0 radical (unpaired) electrons. The van der Waals surface area contributed by atoms with Crippen molar-refractivity contribution in [1.29, 1.82) is 0 Å². The number of nitrogens with zero attached hydrogens (tertiary/aromatic N) is 1. The van der Waals surface area contributed by atoms with Gasteiger partial charge in [-0.2, -0.15) is 8.42 Å². The fraction of sp³-hybridized carbons (Fsp3) is 0.286. The molecule has 0 saturated carbocycles. The predicted molar refractivity (Wildman–Crippen MR) is 52.2 cm³/mol. The van der Waals surface area contributed by atoms with Crippen molar-refractivity contribution < 1.29 is 42.2 Å². The Balaban J connectivity index is 0. The van der Waals surface area contributed by atoms with Gasteiger partial charge in [0.25, 0.3) is 10.1 Å². The van der Waals surface area contributed by atoms with Gasteiger partial charge < -0.3 is 0 Å². The molecule has 0 amide bonds. The van der Waals surface area contributed by atoms with E-state index in [9.17, 15) is 8.42 Å². The second-order valence-corrected chi connectivity index (χ2v) is 3.97. The Hall–Kier alpha value is -0.0200. The van der Waals surface area contributed by atoms with Crippen LogP contribution in [-0.4, -0.2) is 19.7 Å². The van der Waals surface area contributed by atoms with Crippen LogP contribution in [0.25, 0.3) is 0 Å². The maximum absolute atomic E-state index is 10.6. The summed E-state index contributed by atoms with van der Waals surface area (Å²) < 4.78 is 25.7. The summed E-state index contributed by atoms with van der Waals surface area (Å²) in [6.45, 7) is 0.0708. The van der Waals surface area contributed by atoms with Crippen LogP contribution in [0, 0.1) is 0 Å². The van der Waals surface area contributed by atoms with Crippen LogP contribution in [0.2, 0.25) is 0 Å². The molecule has 0 spiro atoms. The van der Waals surface area contributed by atoms with Gasteiger partial charge >= 0.3 is 29.6 Å². The molecule has 1 aromatic rings. The average Bonchev–Trinajstić information content (AvgIpc) is 2.19. The molecule has 0 bridgehead atoms. The molecule has 15 heavy (non-hydrogen) atoms. The summed E-state index contributed by atoms with van der Waals surface area (Å²) in [6, 6.07) is 3.40. The minimum absolute atomic E-state index is 0. The second-order valence-electron chi connectivity index (χ2n) is 2.32. The Labute approximate surface area is 111 Å². The van der Waals surface area contributed by atoms with Crippen molar-refractivity contribution in [2.45, 2.75) is 6.61 Å². The molecule has 1 rings (SSSR count). The van der Waals surface area contributed by atoms with Crippen molar-refractivity contribution in [3.63, 3.8) is 0 Å². The molecule has 0 unspecified atom stereocenters. The summed E-state index contributed by atoms with van der Waals surface area (Å²) in [5.41, 5.74) is 0.787. The van der Waals surface area contributed by atoms with Gasteiger partial charge in [0.2, 0.25) is 0 Å². The number of hydrogen-bond donors (Lipinski definition) is 2. The quantitative estimate of drug-likeness (QED) is 0.245. The molecule has 0 saturated heterocycles. The van der Waals surface area contributed by atoms with E-state index in [2.05, 4.69) is 20.9 Å². The van der Waals surface area contributed by atoms with Gasteiger partial charge in [0.15, 0.2) is 0 Å². The minimum atomic E-state index is -3.34. The fourth-order valence-electron chi connectivity index (χ4n) is 0.654. The molecule has 4 N–H and O–H groups in total. The monoisotopic (exact) mass is 242 g/mol. The van der Waals surface area contributed by atoms with Gasteiger partial charge in [-0.3, -0.25) is 20.9 Å². The molecular formula is C7H13N3NaO3S+. The standard InChI is InChI=1S/C7H9NO3S.H4N2.Na/c1-12(9,10)11-6-7-2-4-8-5-3-7;1-2;/h2-5H,6H2,1H3;1-2H2;/q;;+1. The van der Waals surface area contributed by atoms with Gasteiger partial charge in [-0.25, -0.2) is 0 Å². The third-order valence-corrected chi connectivity index (χ3v) is 1.74. The number of aromatic nitrogens is 1. The van der Waals surface area contributed by atoms with Crippen molar-refractivity contribution in [1.82, 2.24) is 4.98 Å². The minimum Gasteiger partial charge on any atom is -0.274 e. The number of hydrazine groups is 1. The summed E-state index contributed by atoms with van der Waals surface area (Å²) in [4.78, 5) is 3.78. The summed E-state index contributed by atoms with van der Waals surface area (Å²) >= 11 is 0. The van der Waals surface area contributed by atoms with Crippen molar-refractivity contribution in [2.24, 2.45) is 11.7 Å². The van der Waals surface area contributed by atoms with E-state index < -0.39 is 10.1 Å². The van der Waals surface area contributed by atoms with E-state index in [0.29, 0.717) is 0 Å². The fourth-order valence-corrected chi connectivity index (χ4v) is 1.00. The molecule has 0 aliphatic rings. The Morgan fingerprint density at radius 1 is 1.33 bits per heavy atom. The van der Waals surface area contributed by atoms with Crippen LogP contribution in [0.3, 0.4) is 0 Å². The zero-order valence-corrected chi connectivity index (χ0v) is 11.6. The smallest absolute Gasteiger partial charge is 0.274 e. The molecule has 1 heterocycles. The van der Waals surface area contributed by atoms with Crippen LogP contribution in [0.4, 0.5) is 0 Å². The van der Waals surface area contributed by atoms with Gasteiger partial charge in [0, 0.05) is 12.4 Å². The number of pyridine rings is 1. The Morgan fingerprint density at radius 3 is 2.20 bits per heavy atom. The molecule has 1 aromatic heterocycles. The molecule has 0 aromatic carbocycles.